The fraction of sp³-hybridized carbons (Fsp3) is 0.100. The summed E-state index contributed by atoms with van der Waals surface area (Å²) < 4.78 is 78.6. The van der Waals surface area contributed by atoms with Crippen molar-refractivity contribution < 1.29 is 26.3 Å². The van der Waals surface area contributed by atoms with E-state index in [1.54, 1.807) is 12.1 Å². The first-order valence-corrected chi connectivity index (χ1v) is 9.09. The smallest absolute Gasteiger partial charge is 0.192 e. The summed E-state index contributed by atoms with van der Waals surface area (Å²) in [6.07, 6.45) is -7.57. The summed E-state index contributed by atoms with van der Waals surface area (Å²) in [6.45, 7) is 0. The average molecular weight is 459 g/mol. The first kappa shape index (κ1) is 23.4. The maximum absolute atomic E-state index is 13.1. The van der Waals surface area contributed by atoms with Crippen LogP contribution in [-0.4, -0.2) is 0 Å². The van der Waals surface area contributed by atoms with E-state index in [9.17, 15) is 26.3 Å². The Morgan fingerprint density at radius 1 is 0.833 bits per heavy atom. The Kier molecular flexibility index (Phi) is 7.25. The molecule has 2 nitrogen and oxygen atoms in total. The molecule has 0 aliphatic rings. The Labute approximate surface area is 176 Å². The first-order valence-electron chi connectivity index (χ1n) is 7.89. The third-order valence-corrected chi connectivity index (χ3v) is 4.88. The molecule has 10 heteroatoms. The molecule has 0 bridgehead atoms. The van der Waals surface area contributed by atoms with Crippen molar-refractivity contribution in [1.29, 1.82) is 10.5 Å². The van der Waals surface area contributed by atoms with Crippen molar-refractivity contribution in [2.45, 2.75) is 17.2 Å². The minimum Gasteiger partial charge on any atom is -0.192 e. The van der Waals surface area contributed by atoms with E-state index in [1.165, 1.54) is 30.3 Å². The Hall–Kier alpha value is -2.88. The fourth-order valence-corrected chi connectivity index (χ4v) is 3.32. The SMILES string of the molecule is N#CC(C#N)=CC=C(Sc1cc(C(F)(F)F)cc(C(F)(F)F)c1)c1ccc(Cl)cc1. The molecule has 0 fully saturated rings. The molecule has 0 amide bonds. The Morgan fingerprint density at radius 2 is 1.33 bits per heavy atom. The quantitative estimate of drug-likeness (QED) is 0.206. The third-order valence-electron chi connectivity index (χ3n) is 3.56. The number of nitrogens with zero attached hydrogens (tertiary/aromatic N) is 2. The maximum atomic E-state index is 13.1. The predicted molar refractivity (Wildman–Crippen MR) is 101 cm³/mol. The van der Waals surface area contributed by atoms with Gasteiger partial charge in [-0.3, -0.25) is 0 Å². The van der Waals surface area contributed by atoms with E-state index in [-0.39, 0.29) is 21.4 Å². The van der Waals surface area contributed by atoms with E-state index >= 15 is 0 Å². The Morgan fingerprint density at radius 3 is 1.77 bits per heavy atom. The standard InChI is InChI=1S/C20H9ClF6N2S/c21-16-4-2-13(3-5-16)18(6-1-12(10-28)11-29)30-17-8-14(19(22,23)24)7-15(9-17)20(25,26)27/h1-9H. The lowest BCUT2D eigenvalue weighted by Crippen LogP contribution is -2.10. The second-order valence-electron chi connectivity index (χ2n) is 5.69. The van der Waals surface area contributed by atoms with E-state index in [4.69, 9.17) is 22.1 Å². The van der Waals surface area contributed by atoms with Crippen molar-refractivity contribution >= 4 is 28.3 Å². The maximum Gasteiger partial charge on any atom is 0.416 e. The highest BCUT2D eigenvalue weighted by molar-refractivity contribution is 8.08. The number of benzene rings is 2. The molecule has 30 heavy (non-hydrogen) atoms. The highest BCUT2D eigenvalue weighted by Gasteiger charge is 2.37. The molecule has 2 rings (SSSR count). The molecule has 154 valence electrons. The van der Waals surface area contributed by atoms with Crippen LogP contribution >= 0.6 is 23.4 Å². The molecule has 0 radical (unpaired) electrons. The number of nitriles is 2. The number of thioether (sulfide) groups is 1. The Balaban J connectivity index is 2.61. The van der Waals surface area contributed by atoms with Gasteiger partial charge in [0.05, 0.1) is 11.1 Å². The highest BCUT2D eigenvalue weighted by Crippen LogP contribution is 2.42. The van der Waals surface area contributed by atoms with Crippen LogP contribution in [0.1, 0.15) is 16.7 Å². The second-order valence-corrected chi connectivity index (χ2v) is 7.24. The summed E-state index contributed by atoms with van der Waals surface area (Å²) in [6, 6.07) is 10.5. The van der Waals surface area contributed by atoms with E-state index < -0.39 is 23.5 Å². The molecule has 0 saturated heterocycles. The predicted octanol–water partition coefficient (Wildman–Crippen LogP) is 7.48. The molecule has 0 unspecified atom stereocenters. The van der Waals surface area contributed by atoms with E-state index in [0.717, 1.165) is 6.08 Å². The van der Waals surface area contributed by atoms with Gasteiger partial charge >= 0.3 is 12.4 Å². The molecule has 0 aromatic heterocycles. The van der Waals surface area contributed by atoms with Crippen LogP contribution in [0.3, 0.4) is 0 Å². The summed E-state index contributed by atoms with van der Waals surface area (Å²) in [7, 11) is 0. The van der Waals surface area contributed by atoms with Gasteiger partial charge in [0.25, 0.3) is 0 Å². The van der Waals surface area contributed by atoms with Crippen LogP contribution in [-0.2, 0) is 12.4 Å². The zero-order valence-corrected chi connectivity index (χ0v) is 16.2. The molecule has 0 aliphatic carbocycles. The normalized spacial score (nSPS) is 12.1. The second kappa shape index (κ2) is 9.29. The third kappa shape index (κ3) is 6.31. The number of hydrogen-bond donors (Lipinski definition) is 0. The lowest BCUT2D eigenvalue weighted by atomic mass is 10.1. The zero-order valence-electron chi connectivity index (χ0n) is 14.6. The van der Waals surface area contributed by atoms with Crippen molar-refractivity contribution in [3.8, 4) is 12.1 Å². The van der Waals surface area contributed by atoms with Crippen LogP contribution in [0.5, 0.6) is 0 Å². The summed E-state index contributed by atoms with van der Waals surface area (Å²) in [5, 5.41) is 18.1. The topological polar surface area (TPSA) is 47.6 Å². The van der Waals surface area contributed by atoms with Gasteiger partial charge in [0.2, 0.25) is 0 Å². The minimum atomic E-state index is -4.98. The number of allylic oxidation sites excluding steroid dienone is 3. The van der Waals surface area contributed by atoms with Crippen LogP contribution in [0.2, 0.25) is 5.02 Å². The molecule has 0 N–H and O–H groups in total. The molecule has 2 aromatic carbocycles. The molecule has 0 heterocycles. The van der Waals surface area contributed by atoms with Crippen LogP contribution in [0.25, 0.3) is 4.91 Å². The first-order chi connectivity index (χ1) is 13.9. The van der Waals surface area contributed by atoms with Gasteiger partial charge in [-0.1, -0.05) is 35.5 Å². The summed E-state index contributed by atoms with van der Waals surface area (Å²) >= 11 is 6.44. The lowest BCUT2D eigenvalue weighted by molar-refractivity contribution is -0.143. The van der Waals surface area contributed by atoms with Crippen LogP contribution < -0.4 is 0 Å². The summed E-state index contributed by atoms with van der Waals surface area (Å²) in [4.78, 5) is -0.107. The average Bonchev–Trinajstić information content (AvgIpc) is 2.67. The van der Waals surface area contributed by atoms with Gasteiger partial charge in [0.15, 0.2) is 0 Å². The van der Waals surface area contributed by atoms with E-state index in [1.807, 2.05) is 0 Å². The number of halogens is 7. The molecule has 2 aromatic rings. The van der Waals surface area contributed by atoms with Crippen molar-refractivity contribution in [2.75, 3.05) is 0 Å². The lowest BCUT2D eigenvalue weighted by Gasteiger charge is -2.15. The summed E-state index contributed by atoms with van der Waals surface area (Å²) in [5.41, 5.74) is -2.76. The van der Waals surface area contributed by atoms with Gasteiger partial charge in [-0.2, -0.15) is 36.9 Å². The van der Waals surface area contributed by atoms with Gasteiger partial charge in [0, 0.05) is 14.8 Å². The van der Waals surface area contributed by atoms with E-state index in [2.05, 4.69) is 0 Å². The number of alkyl halides is 6. The molecular formula is C20H9ClF6N2S. The van der Waals surface area contributed by atoms with Crippen LogP contribution in [0.4, 0.5) is 26.3 Å². The van der Waals surface area contributed by atoms with Crippen LogP contribution in [0, 0.1) is 22.7 Å². The highest BCUT2D eigenvalue weighted by atomic mass is 35.5. The molecular weight excluding hydrogens is 450 g/mol. The van der Waals surface area contributed by atoms with Crippen molar-refractivity contribution in [1.82, 2.24) is 0 Å². The van der Waals surface area contributed by atoms with Gasteiger partial charge in [0.1, 0.15) is 17.7 Å². The van der Waals surface area contributed by atoms with Gasteiger partial charge < -0.3 is 0 Å². The Bertz CT molecular complexity index is 1020. The summed E-state index contributed by atoms with van der Waals surface area (Å²) in [5.74, 6) is 0. The van der Waals surface area contributed by atoms with Crippen molar-refractivity contribution in [2.24, 2.45) is 0 Å². The molecule has 0 spiro atoms. The van der Waals surface area contributed by atoms with Crippen molar-refractivity contribution in [3.63, 3.8) is 0 Å². The fourth-order valence-electron chi connectivity index (χ4n) is 2.17. The number of rotatable bonds is 4. The molecule has 0 aliphatic heterocycles. The largest absolute Gasteiger partial charge is 0.416 e. The van der Waals surface area contributed by atoms with Crippen molar-refractivity contribution in [3.05, 3.63) is 81.9 Å². The van der Waals surface area contributed by atoms with E-state index in [0.29, 0.717) is 34.5 Å². The molecule has 0 atom stereocenters. The van der Waals surface area contributed by atoms with Gasteiger partial charge in [-0.05, 0) is 48.0 Å². The zero-order chi connectivity index (χ0) is 22.5. The van der Waals surface area contributed by atoms with Gasteiger partial charge in [-0.15, -0.1) is 0 Å². The minimum absolute atomic E-state index is 0.0408. The number of hydrogen-bond acceptors (Lipinski definition) is 3. The molecule has 0 saturated carbocycles. The van der Waals surface area contributed by atoms with Gasteiger partial charge in [-0.25, -0.2) is 0 Å². The van der Waals surface area contributed by atoms with Crippen LogP contribution in [0.15, 0.2) is 65.1 Å². The monoisotopic (exact) mass is 458 g/mol.